The second-order valence-corrected chi connectivity index (χ2v) is 6.26. The number of Topliss-reactive ketones (excluding diaryl/α,β-unsaturated/α-hetero) is 1. The summed E-state index contributed by atoms with van der Waals surface area (Å²) in [6.07, 6.45) is 0. The lowest BCUT2D eigenvalue weighted by Crippen LogP contribution is -2.16. The highest BCUT2D eigenvalue weighted by Crippen LogP contribution is 2.19. The van der Waals surface area contributed by atoms with Gasteiger partial charge in [-0.3, -0.25) is 9.59 Å². The van der Waals surface area contributed by atoms with Crippen LogP contribution in [0.15, 0.2) is 48.5 Å². The summed E-state index contributed by atoms with van der Waals surface area (Å²) in [6.45, 7) is 1.90. The standard InChI is InChI=1S/C19H18N2O3S/c1-14(22)16-7-3-5-9-18(16)24-10-11-25-13-19(23)21-17-8-4-2-6-15(17)12-20/h2-9H,10-11,13H2,1H3,(H,21,23). The third-order valence-electron chi connectivity index (χ3n) is 3.31. The molecule has 0 aliphatic rings. The molecule has 0 saturated heterocycles. The van der Waals surface area contributed by atoms with E-state index in [9.17, 15) is 9.59 Å². The average molecular weight is 354 g/mol. The highest BCUT2D eigenvalue weighted by molar-refractivity contribution is 7.99. The molecule has 2 aromatic rings. The first-order chi connectivity index (χ1) is 12.1. The Kier molecular flexibility index (Phi) is 7.05. The highest BCUT2D eigenvalue weighted by Gasteiger charge is 2.08. The van der Waals surface area contributed by atoms with E-state index in [1.54, 1.807) is 42.5 Å². The predicted octanol–water partition coefficient (Wildman–Crippen LogP) is 3.51. The van der Waals surface area contributed by atoms with E-state index in [0.29, 0.717) is 34.9 Å². The van der Waals surface area contributed by atoms with E-state index in [4.69, 9.17) is 10.00 Å². The summed E-state index contributed by atoms with van der Waals surface area (Å²) >= 11 is 1.42. The number of ketones is 1. The van der Waals surface area contributed by atoms with Crippen LogP contribution in [0.5, 0.6) is 5.75 Å². The van der Waals surface area contributed by atoms with Gasteiger partial charge >= 0.3 is 0 Å². The van der Waals surface area contributed by atoms with E-state index >= 15 is 0 Å². The molecule has 1 amide bonds. The number of carbonyl (C=O) groups excluding carboxylic acids is 2. The van der Waals surface area contributed by atoms with E-state index in [0.717, 1.165) is 0 Å². The van der Waals surface area contributed by atoms with Gasteiger partial charge in [0.25, 0.3) is 0 Å². The first-order valence-electron chi connectivity index (χ1n) is 7.71. The summed E-state index contributed by atoms with van der Waals surface area (Å²) in [5, 5.41) is 11.7. The number of benzene rings is 2. The lowest BCUT2D eigenvalue weighted by molar-refractivity contribution is -0.113. The molecule has 0 aliphatic heterocycles. The Bertz CT molecular complexity index is 799. The topological polar surface area (TPSA) is 79.2 Å². The van der Waals surface area contributed by atoms with Crippen molar-refractivity contribution in [3.05, 3.63) is 59.7 Å². The van der Waals surface area contributed by atoms with Crippen LogP contribution in [0.3, 0.4) is 0 Å². The van der Waals surface area contributed by atoms with Crippen LogP contribution >= 0.6 is 11.8 Å². The zero-order valence-corrected chi connectivity index (χ0v) is 14.6. The number of carbonyl (C=O) groups is 2. The first-order valence-corrected chi connectivity index (χ1v) is 8.86. The van der Waals surface area contributed by atoms with Gasteiger partial charge in [-0.05, 0) is 31.2 Å². The third-order valence-corrected chi connectivity index (χ3v) is 4.23. The van der Waals surface area contributed by atoms with Crippen molar-refractivity contribution >= 4 is 29.1 Å². The Balaban J connectivity index is 1.74. The number of hydrogen-bond acceptors (Lipinski definition) is 5. The minimum absolute atomic E-state index is 0.0428. The van der Waals surface area contributed by atoms with Crippen LogP contribution in [0, 0.1) is 11.3 Å². The number of rotatable bonds is 8. The fourth-order valence-electron chi connectivity index (χ4n) is 2.13. The number of nitrogens with one attached hydrogen (secondary N) is 1. The molecular weight excluding hydrogens is 336 g/mol. The van der Waals surface area contributed by atoms with E-state index in [1.807, 2.05) is 12.1 Å². The van der Waals surface area contributed by atoms with Crippen LogP contribution in [0.4, 0.5) is 5.69 Å². The Hall–Kier alpha value is -2.78. The molecule has 2 aromatic carbocycles. The van der Waals surface area contributed by atoms with Gasteiger partial charge in [-0.2, -0.15) is 5.26 Å². The molecule has 25 heavy (non-hydrogen) atoms. The molecule has 6 heteroatoms. The van der Waals surface area contributed by atoms with Gasteiger partial charge in [0.2, 0.25) is 5.91 Å². The van der Waals surface area contributed by atoms with Crippen molar-refractivity contribution in [2.75, 3.05) is 23.4 Å². The zero-order chi connectivity index (χ0) is 18.1. The maximum absolute atomic E-state index is 11.9. The molecule has 2 rings (SSSR count). The summed E-state index contributed by atoms with van der Waals surface area (Å²) in [6, 6.07) is 16.0. The second kappa shape index (κ2) is 9.50. The molecule has 0 radical (unpaired) electrons. The van der Waals surface area contributed by atoms with Crippen molar-refractivity contribution in [1.29, 1.82) is 5.26 Å². The van der Waals surface area contributed by atoms with Crippen LogP contribution in [-0.2, 0) is 4.79 Å². The van der Waals surface area contributed by atoms with Crippen LogP contribution in [0.1, 0.15) is 22.8 Å². The fraction of sp³-hybridized carbons (Fsp3) is 0.211. The number of nitrogens with zero attached hydrogens (tertiary/aromatic N) is 1. The van der Waals surface area contributed by atoms with Crippen LogP contribution < -0.4 is 10.1 Å². The molecule has 1 N–H and O–H groups in total. The van der Waals surface area contributed by atoms with Crippen molar-refractivity contribution in [3.63, 3.8) is 0 Å². The van der Waals surface area contributed by atoms with Gasteiger partial charge in [-0.1, -0.05) is 24.3 Å². The molecule has 128 valence electrons. The summed E-state index contributed by atoms with van der Waals surface area (Å²) in [5.41, 5.74) is 1.51. The van der Waals surface area contributed by atoms with Crippen molar-refractivity contribution in [1.82, 2.24) is 0 Å². The van der Waals surface area contributed by atoms with Crippen LogP contribution in [0.2, 0.25) is 0 Å². The van der Waals surface area contributed by atoms with E-state index in [-0.39, 0.29) is 17.4 Å². The molecule has 0 aromatic heterocycles. The van der Waals surface area contributed by atoms with Gasteiger partial charge < -0.3 is 10.1 Å². The minimum atomic E-state index is -0.170. The minimum Gasteiger partial charge on any atom is -0.492 e. The second-order valence-electron chi connectivity index (χ2n) is 5.16. The smallest absolute Gasteiger partial charge is 0.234 e. The molecule has 0 aliphatic carbocycles. The molecule has 0 bridgehead atoms. The molecule has 0 spiro atoms. The summed E-state index contributed by atoms with van der Waals surface area (Å²) in [5.74, 6) is 1.22. The third kappa shape index (κ3) is 5.66. The number of para-hydroxylation sites is 2. The maximum atomic E-state index is 11.9. The number of hydrogen-bond donors (Lipinski definition) is 1. The number of anilines is 1. The molecule has 5 nitrogen and oxygen atoms in total. The number of nitriles is 1. The lowest BCUT2D eigenvalue weighted by atomic mass is 10.1. The van der Waals surface area contributed by atoms with E-state index in [2.05, 4.69) is 5.32 Å². The molecular formula is C19H18N2O3S. The van der Waals surface area contributed by atoms with Gasteiger partial charge in [-0.15, -0.1) is 11.8 Å². The molecule has 0 atom stereocenters. The van der Waals surface area contributed by atoms with Crippen LogP contribution in [0.25, 0.3) is 0 Å². The predicted molar refractivity (Wildman–Crippen MR) is 99.1 cm³/mol. The molecule has 0 saturated carbocycles. The van der Waals surface area contributed by atoms with Gasteiger partial charge in [0, 0.05) is 5.75 Å². The summed E-state index contributed by atoms with van der Waals surface area (Å²) < 4.78 is 5.62. The van der Waals surface area contributed by atoms with Crippen molar-refractivity contribution in [2.45, 2.75) is 6.92 Å². The van der Waals surface area contributed by atoms with Gasteiger partial charge in [-0.25, -0.2) is 0 Å². The quantitative estimate of drug-likeness (QED) is 0.580. The Labute approximate surface area is 151 Å². The highest BCUT2D eigenvalue weighted by atomic mass is 32.2. The number of amides is 1. The Morgan fingerprint density at radius 2 is 1.88 bits per heavy atom. The van der Waals surface area contributed by atoms with Crippen molar-refractivity contribution in [3.8, 4) is 11.8 Å². The Morgan fingerprint density at radius 3 is 2.64 bits per heavy atom. The first kappa shape index (κ1) is 18.6. The normalized spacial score (nSPS) is 9.92. The molecule has 0 unspecified atom stereocenters. The van der Waals surface area contributed by atoms with Crippen molar-refractivity contribution in [2.24, 2.45) is 0 Å². The summed E-state index contributed by atoms with van der Waals surface area (Å²) in [7, 11) is 0. The Morgan fingerprint density at radius 1 is 1.16 bits per heavy atom. The fourth-order valence-corrected chi connectivity index (χ4v) is 2.74. The monoisotopic (exact) mass is 354 g/mol. The largest absolute Gasteiger partial charge is 0.492 e. The molecule has 0 heterocycles. The van der Waals surface area contributed by atoms with Gasteiger partial charge in [0.05, 0.1) is 29.2 Å². The summed E-state index contributed by atoms with van der Waals surface area (Å²) in [4.78, 5) is 23.4. The van der Waals surface area contributed by atoms with E-state index < -0.39 is 0 Å². The zero-order valence-electron chi connectivity index (χ0n) is 13.8. The lowest BCUT2D eigenvalue weighted by Gasteiger charge is -2.09. The van der Waals surface area contributed by atoms with Gasteiger partial charge in [0.1, 0.15) is 11.8 Å². The van der Waals surface area contributed by atoms with Crippen LogP contribution in [-0.4, -0.2) is 29.8 Å². The molecule has 0 fully saturated rings. The average Bonchev–Trinajstić information content (AvgIpc) is 2.62. The van der Waals surface area contributed by atoms with Gasteiger partial charge in [0.15, 0.2) is 5.78 Å². The number of thioether (sulfide) groups is 1. The SMILES string of the molecule is CC(=O)c1ccccc1OCCSCC(=O)Nc1ccccc1C#N. The van der Waals surface area contributed by atoms with Crippen molar-refractivity contribution < 1.29 is 14.3 Å². The maximum Gasteiger partial charge on any atom is 0.234 e. The number of ether oxygens (including phenoxy) is 1. The van der Waals surface area contributed by atoms with E-state index in [1.165, 1.54) is 18.7 Å².